The van der Waals surface area contributed by atoms with E-state index in [2.05, 4.69) is 0 Å². The van der Waals surface area contributed by atoms with Gasteiger partial charge in [-0.2, -0.15) is 0 Å². The average molecular weight is 391 g/mol. The fourth-order valence-electron chi connectivity index (χ4n) is 3.01. The van der Waals surface area contributed by atoms with Gasteiger partial charge in [-0.15, -0.1) is 0 Å². The van der Waals surface area contributed by atoms with Gasteiger partial charge in [-0.3, -0.25) is 9.59 Å². The quantitative estimate of drug-likeness (QED) is 0.709. The molecule has 1 aromatic carbocycles. The van der Waals surface area contributed by atoms with E-state index in [9.17, 15) is 9.59 Å². The number of hydrogen-bond donors (Lipinski definition) is 0. The third-order valence-electron chi connectivity index (χ3n) is 4.62. The zero-order valence-electron chi connectivity index (χ0n) is 15.3. The Hall–Kier alpha value is -2.47. The van der Waals surface area contributed by atoms with Gasteiger partial charge >= 0.3 is 0 Å². The predicted octanol–water partition coefficient (Wildman–Crippen LogP) is 3.39. The van der Waals surface area contributed by atoms with E-state index in [-0.39, 0.29) is 11.8 Å². The van der Waals surface area contributed by atoms with Gasteiger partial charge in [0.25, 0.3) is 5.91 Å². The fourth-order valence-corrected chi connectivity index (χ4v) is 3.12. The lowest BCUT2D eigenvalue weighted by Gasteiger charge is -2.34. The molecule has 2 amide bonds. The molecule has 0 N–H and O–H groups in total. The first-order valence-corrected chi connectivity index (χ1v) is 9.40. The van der Waals surface area contributed by atoms with E-state index in [4.69, 9.17) is 20.8 Å². The van der Waals surface area contributed by atoms with E-state index < -0.39 is 0 Å². The molecule has 1 aromatic heterocycles. The first-order valence-electron chi connectivity index (χ1n) is 9.03. The predicted molar refractivity (Wildman–Crippen MR) is 102 cm³/mol. The van der Waals surface area contributed by atoms with Gasteiger partial charge in [0, 0.05) is 37.6 Å². The van der Waals surface area contributed by atoms with Crippen LogP contribution in [0.3, 0.4) is 0 Å². The molecule has 1 aliphatic heterocycles. The minimum atomic E-state index is -0.0532. The standard InChI is InChI=1S/C20H23ClN2O4/c1-15-13-17(4-5-18(15)21)27-11-2-3-19(24)22-7-9-23(10-8-22)20(25)16-6-12-26-14-16/h4-6,12-14H,2-3,7-11H2,1H3. The second-order valence-electron chi connectivity index (χ2n) is 6.55. The Balaban J connectivity index is 1.37. The molecular formula is C20H23ClN2O4. The second-order valence-corrected chi connectivity index (χ2v) is 6.96. The van der Waals surface area contributed by atoms with Crippen LogP contribution in [-0.4, -0.2) is 54.4 Å². The molecule has 1 aliphatic rings. The summed E-state index contributed by atoms with van der Waals surface area (Å²) in [7, 11) is 0. The number of amides is 2. The number of carbonyl (C=O) groups is 2. The minimum absolute atomic E-state index is 0.0532. The Morgan fingerprint density at radius 1 is 1.15 bits per heavy atom. The van der Waals surface area contributed by atoms with Gasteiger partial charge in [-0.05, 0) is 43.2 Å². The molecule has 1 saturated heterocycles. The van der Waals surface area contributed by atoms with Crippen LogP contribution in [0.4, 0.5) is 0 Å². The van der Waals surface area contributed by atoms with Crippen molar-refractivity contribution in [3.63, 3.8) is 0 Å². The lowest BCUT2D eigenvalue weighted by molar-refractivity contribution is -0.132. The molecular weight excluding hydrogens is 368 g/mol. The fraction of sp³-hybridized carbons (Fsp3) is 0.400. The topological polar surface area (TPSA) is 63.0 Å². The third-order valence-corrected chi connectivity index (χ3v) is 5.04. The first kappa shape index (κ1) is 19.3. The number of rotatable bonds is 6. The van der Waals surface area contributed by atoms with E-state index in [1.807, 2.05) is 30.0 Å². The molecule has 2 aromatic rings. The molecule has 27 heavy (non-hydrogen) atoms. The number of carbonyl (C=O) groups excluding carboxylic acids is 2. The first-order chi connectivity index (χ1) is 13.0. The molecule has 2 heterocycles. The molecule has 0 bridgehead atoms. The van der Waals surface area contributed by atoms with E-state index >= 15 is 0 Å². The van der Waals surface area contributed by atoms with Crippen molar-refractivity contribution >= 4 is 23.4 Å². The van der Waals surface area contributed by atoms with Gasteiger partial charge in [0.05, 0.1) is 18.4 Å². The summed E-state index contributed by atoms with van der Waals surface area (Å²) < 4.78 is 10.6. The summed E-state index contributed by atoms with van der Waals surface area (Å²) in [5.74, 6) is 0.805. The summed E-state index contributed by atoms with van der Waals surface area (Å²) in [5, 5.41) is 0.711. The van der Waals surface area contributed by atoms with Crippen molar-refractivity contribution in [3.8, 4) is 5.75 Å². The molecule has 0 atom stereocenters. The number of nitrogens with zero attached hydrogens (tertiary/aromatic N) is 2. The van der Waals surface area contributed by atoms with Crippen LogP contribution in [0.2, 0.25) is 5.02 Å². The highest BCUT2D eigenvalue weighted by Gasteiger charge is 2.24. The number of hydrogen-bond acceptors (Lipinski definition) is 4. The summed E-state index contributed by atoms with van der Waals surface area (Å²) >= 11 is 5.99. The molecule has 144 valence electrons. The zero-order valence-corrected chi connectivity index (χ0v) is 16.1. The number of piperazine rings is 1. The Morgan fingerprint density at radius 2 is 1.89 bits per heavy atom. The van der Waals surface area contributed by atoms with Crippen LogP contribution in [0.1, 0.15) is 28.8 Å². The molecule has 3 rings (SSSR count). The van der Waals surface area contributed by atoms with Crippen molar-refractivity contribution in [1.82, 2.24) is 9.80 Å². The number of benzene rings is 1. The van der Waals surface area contributed by atoms with Gasteiger partial charge in [0.2, 0.25) is 5.91 Å². The van der Waals surface area contributed by atoms with E-state index in [1.165, 1.54) is 12.5 Å². The summed E-state index contributed by atoms with van der Waals surface area (Å²) in [4.78, 5) is 28.2. The molecule has 7 heteroatoms. The lowest BCUT2D eigenvalue weighted by atomic mass is 10.2. The number of furan rings is 1. The highest BCUT2D eigenvalue weighted by atomic mass is 35.5. The molecule has 0 spiro atoms. The minimum Gasteiger partial charge on any atom is -0.494 e. The lowest BCUT2D eigenvalue weighted by Crippen LogP contribution is -2.50. The van der Waals surface area contributed by atoms with E-state index in [1.54, 1.807) is 11.0 Å². The van der Waals surface area contributed by atoms with Crippen LogP contribution >= 0.6 is 11.6 Å². The van der Waals surface area contributed by atoms with Crippen LogP contribution in [0.15, 0.2) is 41.2 Å². The smallest absolute Gasteiger partial charge is 0.257 e. The maximum absolute atomic E-state index is 12.3. The Labute approximate surface area is 163 Å². The van der Waals surface area contributed by atoms with E-state index in [0.717, 1.165) is 11.3 Å². The molecule has 6 nitrogen and oxygen atoms in total. The van der Waals surface area contributed by atoms with Crippen LogP contribution in [0, 0.1) is 6.92 Å². The number of aryl methyl sites for hydroxylation is 1. The van der Waals surface area contributed by atoms with Crippen molar-refractivity contribution < 1.29 is 18.7 Å². The normalized spacial score (nSPS) is 14.3. The van der Waals surface area contributed by atoms with Gasteiger partial charge in [0.1, 0.15) is 12.0 Å². The monoisotopic (exact) mass is 390 g/mol. The molecule has 0 radical (unpaired) electrons. The maximum Gasteiger partial charge on any atom is 0.257 e. The van der Waals surface area contributed by atoms with Crippen LogP contribution in [-0.2, 0) is 4.79 Å². The maximum atomic E-state index is 12.3. The summed E-state index contributed by atoms with van der Waals surface area (Å²) in [5.41, 5.74) is 1.51. The number of halogens is 1. The second kappa shape index (κ2) is 8.95. The van der Waals surface area contributed by atoms with Gasteiger partial charge < -0.3 is 19.0 Å². The van der Waals surface area contributed by atoms with Crippen molar-refractivity contribution in [2.24, 2.45) is 0 Å². The van der Waals surface area contributed by atoms with Crippen molar-refractivity contribution in [3.05, 3.63) is 52.9 Å². The Kier molecular flexibility index (Phi) is 6.40. The Morgan fingerprint density at radius 3 is 2.56 bits per heavy atom. The molecule has 0 aliphatic carbocycles. The SMILES string of the molecule is Cc1cc(OCCCC(=O)N2CCN(C(=O)c3ccoc3)CC2)ccc1Cl. The Bertz CT molecular complexity index is 783. The molecule has 0 unspecified atom stereocenters. The summed E-state index contributed by atoms with van der Waals surface area (Å²) in [6.45, 7) is 4.59. The summed E-state index contributed by atoms with van der Waals surface area (Å²) in [6, 6.07) is 7.18. The van der Waals surface area contributed by atoms with Crippen molar-refractivity contribution in [2.45, 2.75) is 19.8 Å². The van der Waals surface area contributed by atoms with E-state index in [0.29, 0.717) is 56.2 Å². The molecule has 0 saturated carbocycles. The molecule has 1 fully saturated rings. The van der Waals surface area contributed by atoms with Gasteiger partial charge in [-0.25, -0.2) is 0 Å². The summed E-state index contributed by atoms with van der Waals surface area (Å²) in [6.07, 6.45) is 4.01. The average Bonchev–Trinajstić information content (AvgIpc) is 3.22. The van der Waals surface area contributed by atoms with Gasteiger partial charge in [0.15, 0.2) is 0 Å². The van der Waals surface area contributed by atoms with Gasteiger partial charge in [-0.1, -0.05) is 11.6 Å². The third kappa shape index (κ3) is 5.04. The van der Waals surface area contributed by atoms with Crippen LogP contribution in [0.5, 0.6) is 5.75 Å². The largest absolute Gasteiger partial charge is 0.494 e. The van der Waals surface area contributed by atoms with Crippen LogP contribution in [0.25, 0.3) is 0 Å². The van der Waals surface area contributed by atoms with Crippen molar-refractivity contribution in [1.29, 1.82) is 0 Å². The highest BCUT2D eigenvalue weighted by molar-refractivity contribution is 6.31. The zero-order chi connectivity index (χ0) is 19.2. The number of ether oxygens (including phenoxy) is 1. The van der Waals surface area contributed by atoms with Crippen molar-refractivity contribution in [2.75, 3.05) is 32.8 Å². The highest BCUT2D eigenvalue weighted by Crippen LogP contribution is 2.21. The van der Waals surface area contributed by atoms with Crippen LogP contribution < -0.4 is 4.74 Å².